The van der Waals surface area contributed by atoms with Crippen molar-refractivity contribution in [3.63, 3.8) is 0 Å². The largest absolute Gasteiger partial charge is 0.399 e. The number of aryl methyl sites for hydroxylation is 2. The first-order chi connectivity index (χ1) is 11.3. The highest BCUT2D eigenvalue weighted by atomic mass is 35.5. The molecule has 3 nitrogen and oxygen atoms in total. The van der Waals surface area contributed by atoms with Gasteiger partial charge in [0.25, 0.3) is 0 Å². The average molecular weight is 344 g/mol. The van der Waals surface area contributed by atoms with Crippen LogP contribution in [0.2, 0.25) is 5.02 Å². The Morgan fingerprint density at radius 2 is 1.96 bits per heavy atom. The van der Waals surface area contributed by atoms with Gasteiger partial charge in [0.15, 0.2) is 0 Å². The van der Waals surface area contributed by atoms with E-state index in [9.17, 15) is 0 Å². The smallest absolute Gasteiger partial charge is 0.0411 e. The second kappa shape index (κ2) is 7.71. The summed E-state index contributed by atoms with van der Waals surface area (Å²) in [5, 5.41) is 11.6. The predicted octanol–water partition coefficient (Wildman–Crippen LogP) is 5.20. The summed E-state index contributed by atoms with van der Waals surface area (Å²) in [4.78, 5) is 0. The van der Waals surface area contributed by atoms with E-state index >= 15 is 0 Å². The molecule has 0 aliphatic rings. The van der Waals surface area contributed by atoms with Crippen LogP contribution in [0.15, 0.2) is 36.4 Å². The van der Waals surface area contributed by atoms with Crippen molar-refractivity contribution in [2.24, 2.45) is 0 Å². The SMILES string of the molecule is Cc1cc(Cl)cc(C(C)(C)CNc2ccc(N)cc2CCC=N)c1. The Morgan fingerprint density at radius 1 is 1.21 bits per heavy atom. The standard InChI is InChI=1S/C20H26ClN3/c1-14-9-16(12-17(21)10-14)20(2,3)13-24-19-7-6-18(23)11-15(19)5-4-8-22/h6-12,22,24H,4-5,13,23H2,1-3H3. The van der Waals surface area contributed by atoms with Gasteiger partial charge in [0.05, 0.1) is 0 Å². The van der Waals surface area contributed by atoms with E-state index in [0.29, 0.717) is 0 Å². The quantitative estimate of drug-likeness (QED) is 0.477. The second-order valence-corrected chi connectivity index (χ2v) is 7.35. The fourth-order valence-electron chi connectivity index (χ4n) is 2.77. The van der Waals surface area contributed by atoms with Gasteiger partial charge in [-0.15, -0.1) is 0 Å². The molecule has 0 aliphatic carbocycles. The molecule has 0 spiro atoms. The molecule has 0 saturated carbocycles. The van der Waals surface area contributed by atoms with Crippen molar-refractivity contribution in [3.8, 4) is 0 Å². The number of hydrogen-bond acceptors (Lipinski definition) is 3. The van der Waals surface area contributed by atoms with E-state index < -0.39 is 0 Å². The molecular formula is C20H26ClN3. The number of anilines is 2. The van der Waals surface area contributed by atoms with Crippen LogP contribution in [0.1, 0.15) is 37.0 Å². The molecule has 4 heteroatoms. The Balaban J connectivity index is 2.18. The van der Waals surface area contributed by atoms with Gasteiger partial charge >= 0.3 is 0 Å². The lowest BCUT2D eigenvalue weighted by Crippen LogP contribution is -2.28. The summed E-state index contributed by atoms with van der Waals surface area (Å²) in [6, 6.07) is 12.1. The van der Waals surface area contributed by atoms with Gasteiger partial charge in [0.2, 0.25) is 0 Å². The van der Waals surface area contributed by atoms with Gasteiger partial charge in [-0.3, -0.25) is 0 Å². The van der Waals surface area contributed by atoms with Crippen molar-refractivity contribution >= 4 is 29.2 Å². The molecule has 24 heavy (non-hydrogen) atoms. The predicted molar refractivity (Wildman–Crippen MR) is 106 cm³/mol. The fourth-order valence-corrected chi connectivity index (χ4v) is 3.06. The molecule has 2 aromatic rings. The molecule has 0 aromatic heterocycles. The molecule has 4 N–H and O–H groups in total. The topological polar surface area (TPSA) is 61.9 Å². The number of halogens is 1. The highest BCUT2D eigenvalue weighted by Crippen LogP contribution is 2.29. The zero-order chi connectivity index (χ0) is 17.7. The number of rotatable bonds is 7. The maximum Gasteiger partial charge on any atom is 0.0411 e. The number of hydrogen-bond donors (Lipinski definition) is 3. The Hall–Kier alpha value is -2.00. The van der Waals surface area contributed by atoms with Crippen molar-refractivity contribution in [1.29, 1.82) is 5.41 Å². The molecule has 0 fully saturated rings. The highest BCUT2D eigenvalue weighted by Gasteiger charge is 2.21. The van der Waals surface area contributed by atoms with Crippen molar-refractivity contribution in [2.75, 3.05) is 17.6 Å². The zero-order valence-electron chi connectivity index (χ0n) is 14.6. The molecule has 0 radical (unpaired) electrons. The summed E-state index contributed by atoms with van der Waals surface area (Å²) in [6.07, 6.45) is 2.97. The fraction of sp³-hybridized carbons (Fsp3) is 0.350. The Labute approximate surface area is 149 Å². The van der Waals surface area contributed by atoms with E-state index in [1.165, 1.54) is 17.3 Å². The van der Waals surface area contributed by atoms with E-state index in [1.54, 1.807) is 0 Å². The van der Waals surface area contributed by atoms with Gasteiger partial charge in [0, 0.05) is 28.4 Å². The Bertz CT molecular complexity index is 703. The first kappa shape index (κ1) is 18.3. The number of nitrogens with two attached hydrogens (primary N) is 1. The molecule has 2 rings (SSSR count). The van der Waals surface area contributed by atoms with Crippen LogP contribution < -0.4 is 11.1 Å². The minimum Gasteiger partial charge on any atom is -0.399 e. The van der Waals surface area contributed by atoms with Gasteiger partial charge in [-0.05, 0) is 73.0 Å². The first-order valence-electron chi connectivity index (χ1n) is 8.21. The average Bonchev–Trinajstić information content (AvgIpc) is 2.51. The van der Waals surface area contributed by atoms with Crippen molar-refractivity contribution in [3.05, 3.63) is 58.1 Å². The van der Waals surface area contributed by atoms with Crippen molar-refractivity contribution in [1.82, 2.24) is 0 Å². The van der Waals surface area contributed by atoms with E-state index in [4.69, 9.17) is 22.7 Å². The van der Waals surface area contributed by atoms with Gasteiger partial charge in [0.1, 0.15) is 0 Å². The monoisotopic (exact) mass is 343 g/mol. The summed E-state index contributed by atoms with van der Waals surface area (Å²) in [6.45, 7) is 7.27. The lowest BCUT2D eigenvalue weighted by molar-refractivity contribution is 0.556. The van der Waals surface area contributed by atoms with Crippen LogP contribution in [0.25, 0.3) is 0 Å². The van der Waals surface area contributed by atoms with E-state index in [-0.39, 0.29) is 5.41 Å². The highest BCUT2D eigenvalue weighted by molar-refractivity contribution is 6.30. The molecule has 0 aliphatic heterocycles. The van der Waals surface area contributed by atoms with E-state index in [2.05, 4.69) is 32.2 Å². The summed E-state index contributed by atoms with van der Waals surface area (Å²) in [5.41, 5.74) is 11.2. The van der Waals surface area contributed by atoms with Crippen LogP contribution in [-0.2, 0) is 11.8 Å². The molecule has 0 saturated heterocycles. The van der Waals surface area contributed by atoms with Crippen LogP contribution >= 0.6 is 11.6 Å². The van der Waals surface area contributed by atoms with E-state index in [0.717, 1.165) is 41.3 Å². The van der Waals surface area contributed by atoms with Gasteiger partial charge in [-0.25, -0.2) is 0 Å². The molecule has 128 valence electrons. The summed E-state index contributed by atoms with van der Waals surface area (Å²) in [5.74, 6) is 0. The third-order valence-electron chi connectivity index (χ3n) is 4.23. The van der Waals surface area contributed by atoms with Crippen LogP contribution in [0.3, 0.4) is 0 Å². The summed E-state index contributed by atoms with van der Waals surface area (Å²) >= 11 is 6.22. The third kappa shape index (κ3) is 4.75. The molecular weight excluding hydrogens is 318 g/mol. The number of nitrogens with one attached hydrogen (secondary N) is 2. The van der Waals surface area contributed by atoms with Crippen LogP contribution in [0, 0.1) is 12.3 Å². The molecule has 0 heterocycles. The van der Waals surface area contributed by atoms with E-state index in [1.807, 2.05) is 30.3 Å². The van der Waals surface area contributed by atoms with Crippen molar-refractivity contribution in [2.45, 2.75) is 39.0 Å². The van der Waals surface area contributed by atoms with Gasteiger partial charge in [-0.1, -0.05) is 31.5 Å². The normalized spacial score (nSPS) is 11.3. The third-order valence-corrected chi connectivity index (χ3v) is 4.45. The summed E-state index contributed by atoms with van der Waals surface area (Å²) in [7, 11) is 0. The molecule has 0 unspecified atom stereocenters. The Kier molecular flexibility index (Phi) is 5.89. The lowest BCUT2D eigenvalue weighted by Gasteiger charge is -2.27. The number of benzene rings is 2. The maximum absolute atomic E-state index is 7.24. The lowest BCUT2D eigenvalue weighted by atomic mass is 9.83. The maximum atomic E-state index is 7.24. The van der Waals surface area contributed by atoms with Crippen LogP contribution in [0.5, 0.6) is 0 Å². The molecule has 0 atom stereocenters. The second-order valence-electron chi connectivity index (χ2n) is 6.91. The van der Waals surface area contributed by atoms with Crippen LogP contribution in [-0.4, -0.2) is 12.8 Å². The first-order valence-corrected chi connectivity index (χ1v) is 8.58. The van der Waals surface area contributed by atoms with Gasteiger partial charge < -0.3 is 16.5 Å². The Morgan fingerprint density at radius 3 is 2.62 bits per heavy atom. The van der Waals surface area contributed by atoms with Gasteiger partial charge in [-0.2, -0.15) is 0 Å². The molecule has 0 amide bonds. The van der Waals surface area contributed by atoms with Crippen LogP contribution in [0.4, 0.5) is 11.4 Å². The minimum atomic E-state index is -0.0597. The molecule has 2 aromatic carbocycles. The minimum absolute atomic E-state index is 0.0597. The number of nitrogen functional groups attached to an aromatic ring is 1. The molecule has 0 bridgehead atoms. The zero-order valence-corrected chi connectivity index (χ0v) is 15.4. The summed E-state index contributed by atoms with van der Waals surface area (Å²) < 4.78 is 0. The van der Waals surface area contributed by atoms with Crippen molar-refractivity contribution < 1.29 is 0 Å².